The van der Waals surface area contributed by atoms with Gasteiger partial charge in [0.05, 0.1) is 13.0 Å². The molecule has 0 aliphatic carbocycles. The molecule has 0 N–H and O–H groups in total. The van der Waals surface area contributed by atoms with Crippen molar-refractivity contribution in [2.24, 2.45) is 0 Å². The molecule has 0 atom stereocenters. The van der Waals surface area contributed by atoms with Crippen molar-refractivity contribution in [1.29, 1.82) is 0 Å². The van der Waals surface area contributed by atoms with Crippen LogP contribution in [0.25, 0.3) is 0 Å². The molecule has 1 aromatic rings. The molecule has 0 aliphatic rings. The SMILES string of the molecule is CCOC(=O)CCN(CCN(CC)CC)C(=O)c1cccc(F)c1. The van der Waals surface area contributed by atoms with Gasteiger partial charge in [-0.2, -0.15) is 0 Å². The minimum Gasteiger partial charge on any atom is -0.466 e. The van der Waals surface area contributed by atoms with Gasteiger partial charge in [-0.05, 0) is 38.2 Å². The number of benzene rings is 1. The zero-order chi connectivity index (χ0) is 17.9. The van der Waals surface area contributed by atoms with E-state index < -0.39 is 5.82 Å². The molecular weight excluding hydrogens is 311 g/mol. The number of amides is 1. The second-order valence-corrected chi connectivity index (χ2v) is 5.38. The fourth-order valence-electron chi connectivity index (χ4n) is 2.38. The molecule has 1 amide bonds. The van der Waals surface area contributed by atoms with E-state index in [2.05, 4.69) is 18.7 Å². The lowest BCUT2D eigenvalue weighted by Crippen LogP contribution is -2.40. The molecule has 0 saturated carbocycles. The Balaban J connectivity index is 2.78. The van der Waals surface area contributed by atoms with Crippen molar-refractivity contribution >= 4 is 11.9 Å². The molecule has 0 unspecified atom stereocenters. The van der Waals surface area contributed by atoms with Gasteiger partial charge in [-0.25, -0.2) is 4.39 Å². The molecule has 5 nitrogen and oxygen atoms in total. The highest BCUT2D eigenvalue weighted by Gasteiger charge is 2.18. The molecule has 0 aromatic heterocycles. The van der Waals surface area contributed by atoms with Crippen LogP contribution in [0.3, 0.4) is 0 Å². The number of halogens is 1. The smallest absolute Gasteiger partial charge is 0.307 e. The summed E-state index contributed by atoms with van der Waals surface area (Å²) in [4.78, 5) is 28.0. The van der Waals surface area contributed by atoms with Crippen LogP contribution in [-0.2, 0) is 9.53 Å². The second-order valence-electron chi connectivity index (χ2n) is 5.38. The highest BCUT2D eigenvalue weighted by Crippen LogP contribution is 2.09. The Kier molecular flexibility index (Phi) is 9.01. The van der Waals surface area contributed by atoms with Crippen LogP contribution in [0.1, 0.15) is 37.6 Å². The number of likely N-dealkylation sites (N-methyl/N-ethyl adjacent to an activating group) is 1. The molecule has 0 fully saturated rings. The monoisotopic (exact) mass is 338 g/mol. The lowest BCUT2D eigenvalue weighted by Gasteiger charge is -2.26. The van der Waals surface area contributed by atoms with Crippen molar-refractivity contribution in [2.75, 3.05) is 39.3 Å². The van der Waals surface area contributed by atoms with E-state index in [1.54, 1.807) is 17.9 Å². The van der Waals surface area contributed by atoms with Crippen LogP contribution >= 0.6 is 0 Å². The van der Waals surface area contributed by atoms with Crippen molar-refractivity contribution in [2.45, 2.75) is 27.2 Å². The first-order valence-corrected chi connectivity index (χ1v) is 8.44. The van der Waals surface area contributed by atoms with Gasteiger partial charge >= 0.3 is 5.97 Å². The van der Waals surface area contributed by atoms with Gasteiger partial charge in [-0.15, -0.1) is 0 Å². The predicted octanol–water partition coefficient (Wildman–Crippen LogP) is 2.56. The Morgan fingerprint density at radius 2 is 1.79 bits per heavy atom. The maximum atomic E-state index is 13.4. The first-order chi connectivity index (χ1) is 11.5. The standard InChI is InChI=1S/C18H27FN2O3/c1-4-20(5-2)12-13-21(11-10-17(22)24-6-3)18(23)15-8-7-9-16(19)14-15/h7-9,14H,4-6,10-13H2,1-3H3. The summed E-state index contributed by atoms with van der Waals surface area (Å²) in [5, 5.41) is 0. The third-order valence-electron chi connectivity index (χ3n) is 3.83. The summed E-state index contributed by atoms with van der Waals surface area (Å²) in [6.45, 7) is 9.39. The van der Waals surface area contributed by atoms with Gasteiger partial charge in [0.1, 0.15) is 5.82 Å². The average Bonchev–Trinajstić information content (AvgIpc) is 2.58. The van der Waals surface area contributed by atoms with Crippen LogP contribution < -0.4 is 0 Å². The van der Waals surface area contributed by atoms with Crippen molar-refractivity contribution in [1.82, 2.24) is 9.80 Å². The molecule has 6 heteroatoms. The molecule has 1 rings (SSSR count). The quantitative estimate of drug-likeness (QED) is 0.615. The van der Waals surface area contributed by atoms with E-state index >= 15 is 0 Å². The first-order valence-electron chi connectivity index (χ1n) is 8.44. The first kappa shape index (κ1) is 20.1. The van der Waals surface area contributed by atoms with Crippen LogP contribution in [0.2, 0.25) is 0 Å². The Hall–Kier alpha value is -1.95. The number of ether oxygens (including phenoxy) is 1. The molecule has 0 aliphatic heterocycles. The van der Waals surface area contributed by atoms with Crippen LogP contribution in [0.4, 0.5) is 4.39 Å². The third-order valence-corrected chi connectivity index (χ3v) is 3.83. The van der Waals surface area contributed by atoms with Gasteiger partial charge in [0.15, 0.2) is 0 Å². The van der Waals surface area contributed by atoms with E-state index in [1.807, 2.05) is 0 Å². The topological polar surface area (TPSA) is 49.9 Å². The van der Waals surface area contributed by atoms with Gasteiger partial charge in [0, 0.05) is 25.2 Å². The van der Waals surface area contributed by atoms with Crippen molar-refractivity contribution in [3.8, 4) is 0 Å². The molecule has 0 saturated heterocycles. The van der Waals surface area contributed by atoms with Crippen molar-refractivity contribution in [3.05, 3.63) is 35.6 Å². The fourth-order valence-corrected chi connectivity index (χ4v) is 2.38. The summed E-state index contributed by atoms with van der Waals surface area (Å²) in [6.07, 6.45) is 0.132. The van der Waals surface area contributed by atoms with Crippen LogP contribution in [0.5, 0.6) is 0 Å². The van der Waals surface area contributed by atoms with Gasteiger partial charge in [0.25, 0.3) is 5.91 Å². The summed E-state index contributed by atoms with van der Waals surface area (Å²) in [7, 11) is 0. The fraction of sp³-hybridized carbons (Fsp3) is 0.556. The zero-order valence-corrected chi connectivity index (χ0v) is 14.8. The normalized spacial score (nSPS) is 10.7. The van der Waals surface area contributed by atoms with Crippen molar-refractivity contribution < 1.29 is 18.7 Å². The van der Waals surface area contributed by atoms with E-state index in [0.29, 0.717) is 25.3 Å². The van der Waals surface area contributed by atoms with E-state index in [9.17, 15) is 14.0 Å². The maximum Gasteiger partial charge on any atom is 0.307 e. The number of carbonyl (C=O) groups is 2. The molecule has 0 spiro atoms. The van der Waals surface area contributed by atoms with Crippen molar-refractivity contribution in [3.63, 3.8) is 0 Å². The summed E-state index contributed by atoms with van der Waals surface area (Å²) in [6, 6.07) is 5.61. The average molecular weight is 338 g/mol. The van der Waals surface area contributed by atoms with E-state index in [0.717, 1.165) is 13.1 Å². The predicted molar refractivity (Wildman–Crippen MR) is 91.3 cm³/mol. The van der Waals surface area contributed by atoms with E-state index in [4.69, 9.17) is 4.74 Å². The molecule has 0 bridgehead atoms. The number of rotatable bonds is 10. The lowest BCUT2D eigenvalue weighted by molar-refractivity contribution is -0.143. The molecule has 1 aromatic carbocycles. The van der Waals surface area contributed by atoms with Gasteiger partial charge in [-0.1, -0.05) is 19.9 Å². The van der Waals surface area contributed by atoms with Gasteiger partial charge in [0.2, 0.25) is 0 Å². The Morgan fingerprint density at radius 1 is 1.08 bits per heavy atom. The zero-order valence-electron chi connectivity index (χ0n) is 14.8. The highest BCUT2D eigenvalue weighted by atomic mass is 19.1. The number of esters is 1. The lowest BCUT2D eigenvalue weighted by atomic mass is 10.2. The second kappa shape index (κ2) is 10.8. The number of nitrogens with zero attached hydrogens (tertiary/aromatic N) is 2. The minimum absolute atomic E-state index is 0.132. The minimum atomic E-state index is -0.449. The molecule has 24 heavy (non-hydrogen) atoms. The number of carbonyl (C=O) groups excluding carboxylic acids is 2. The molecule has 134 valence electrons. The Labute approximate surface area is 143 Å². The Bertz CT molecular complexity index is 533. The summed E-state index contributed by atoms with van der Waals surface area (Å²) < 4.78 is 18.3. The summed E-state index contributed by atoms with van der Waals surface area (Å²) in [5.41, 5.74) is 0.290. The summed E-state index contributed by atoms with van der Waals surface area (Å²) >= 11 is 0. The van der Waals surface area contributed by atoms with Crippen LogP contribution in [-0.4, -0.2) is 61.0 Å². The molecule has 0 radical (unpaired) electrons. The summed E-state index contributed by atoms with van der Waals surface area (Å²) in [5.74, 6) is -1.06. The molecular formula is C18H27FN2O3. The van der Waals surface area contributed by atoms with Gasteiger partial charge < -0.3 is 14.5 Å². The van der Waals surface area contributed by atoms with Gasteiger partial charge in [-0.3, -0.25) is 9.59 Å². The maximum absolute atomic E-state index is 13.4. The number of hydrogen-bond acceptors (Lipinski definition) is 4. The third kappa shape index (κ3) is 6.66. The van der Waals surface area contributed by atoms with Crippen LogP contribution in [0, 0.1) is 5.82 Å². The van der Waals surface area contributed by atoms with Crippen LogP contribution in [0.15, 0.2) is 24.3 Å². The largest absolute Gasteiger partial charge is 0.466 e. The Morgan fingerprint density at radius 3 is 2.38 bits per heavy atom. The molecule has 0 heterocycles. The van der Waals surface area contributed by atoms with E-state index in [-0.39, 0.29) is 24.8 Å². The van der Waals surface area contributed by atoms with E-state index in [1.165, 1.54) is 18.2 Å². The number of hydrogen-bond donors (Lipinski definition) is 0. The highest BCUT2D eigenvalue weighted by molar-refractivity contribution is 5.94.